The molecular formula is C13H12BrFN2O. The molecule has 1 heterocycles. The van der Waals surface area contributed by atoms with Gasteiger partial charge < -0.3 is 4.90 Å². The molecule has 2 rings (SSSR count). The lowest BCUT2D eigenvalue weighted by Crippen LogP contribution is -2.38. The molecule has 94 valence electrons. The molecule has 1 saturated heterocycles. The number of amides is 1. The van der Waals surface area contributed by atoms with E-state index in [1.165, 1.54) is 12.1 Å². The highest BCUT2D eigenvalue weighted by Gasteiger charge is 2.23. The number of carbonyl (C=O) groups excluding carboxylic acids is 1. The highest BCUT2D eigenvalue weighted by molar-refractivity contribution is 9.10. The molecule has 1 aromatic rings. The van der Waals surface area contributed by atoms with Crippen molar-refractivity contribution in [2.75, 3.05) is 13.1 Å². The number of likely N-dealkylation sites (tertiary alicyclic amines) is 1. The van der Waals surface area contributed by atoms with Gasteiger partial charge >= 0.3 is 0 Å². The molecular weight excluding hydrogens is 299 g/mol. The molecule has 5 heteroatoms. The maximum atomic E-state index is 13.4. The van der Waals surface area contributed by atoms with Gasteiger partial charge in [0.2, 0.25) is 0 Å². The molecule has 0 atom stereocenters. The summed E-state index contributed by atoms with van der Waals surface area (Å²) in [6, 6.07) is 6.59. The van der Waals surface area contributed by atoms with Crippen LogP contribution in [0.1, 0.15) is 23.2 Å². The van der Waals surface area contributed by atoms with Crippen LogP contribution in [0.3, 0.4) is 0 Å². The van der Waals surface area contributed by atoms with Gasteiger partial charge in [-0.05, 0) is 47.0 Å². The predicted octanol–water partition coefficient (Wildman–Crippen LogP) is 2.96. The van der Waals surface area contributed by atoms with Crippen molar-refractivity contribution in [2.24, 2.45) is 5.92 Å². The van der Waals surface area contributed by atoms with Crippen LogP contribution >= 0.6 is 15.9 Å². The van der Waals surface area contributed by atoms with Crippen molar-refractivity contribution in [1.82, 2.24) is 4.90 Å². The van der Waals surface area contributed by atoms with E-state index < -0.39 is 5.82 Å². The van der Waals surface area contributed by atoms with Crippen LogP contribution in [0.15, 0.2) is 22.7 Å². The fraction of sp³-hybridized carbons (Fsp3) is 0.385. The Labute approximate surface area is 113 Å². The Morgan fingerprint density at radius 2 is 2.11 bits per heavy atom. The molecule has 18 heavy (non-hydrogen) atoms. The first-order valence-corrected chi connectivity index (χ1v) is 6.55. The van der Waals surface area contributed by atoms with Gasteiger partial charge in [-0.25, -0.2) is 4.39 Å². The topological polar surface area (TPSA) is 44.1 Å². The molecule has 1 amide bonds. The number of hydrogen-bond acceptors (Lipinski definition) is 2. The van der Waals surface area contributed by atoms with Gasteiger partial charge in [-0.2, -0.15) is 5.26 Å². The molecule has 0 bridgehead atoms. The standard InChI is InChI=1S/C13H12BrFN2O/c14-11-2-1-10(7-12(11)15)13(18)17-5-3-9(8-16)4-6-17/h1-2,7,9H,3-6H2. The van der Waals surface area contributed by atoms with Crippen molar-refractivity contribution in [2.45, 2.75) is 12.8 Å². The Kier molecular flexibility index (Phi) is 3.97. The van der Waals surface area contributed by atoms with E-state index >= 15 is 0 Å². The maximum absolute atomic E-state index is 13.4. The van der Waals surface area contributed by atoms with E-state index in [2.05, 4.69) is 22.0 Å². The zero-order chi connectivity index (χ0) is 13.1. The van der Waals surface area contributed by atoms with E-state index in [0.717, 1.165) is 0 Å². The molecule has 0 unspecified atom stereocenters. The number of rotatable bonds is 1. The van der Waals surface area contributed by atoms with E-state index in [1.807, 2.05) is 0 Å². The minimum atomic E-state index is -0.437. The highest BCUT2D eigenvalue weighted by atomic mass is 79.9. The molecule has 0 radical (unpaired) electrons. The van der Waals surface area contributed by atoms with E-state index in [0.29, 0.717) is 36.0 Å². The summed E-state index contributed by atoms with van der Waals surface area (Å²) in [5.74, 6) is -0.568. The van der Waals surface area contributed by atoms with Crippen LogP contribution in [-0.2, 0) is 0 Å². The fourth-order valence-corrected chi connectivity index (χ4v) is 2.27. The van der Waals surface area contributed by atoms with E-state index in [1.54, 1.807) is 11.0 Å². The number of nitrogens with zero attached hydrogens (tertiary/aromatic N) is 2. The van der Waals surface area contributed by atoms with Crippen molar-refractivity contribution in [3.05, 3.63) is 34.1 Å². The summed E-state index contributed by atoms with van der Waals surface area (Å²) in [5, 5.41) is 8.79. The lowest BCUT2D eigenvalue weighted by atomic mass is 9.98. The van der Waals surface area contributed by atoms with Crippen LogP contribution in [0.5, 0.6) is 0 Å². The summed E-state index contributed by atoms with van der Waals surface area (Å²) < 4.78 is 13.7. The van der Waals surface area contributed by atoms with Gasteiger partial charge in [-0.1, -0.05) is 0 Å². The lowest BCUT2D eigenvalue weighted by Gasteiger charge is -2.29. The average Bonchev–Trinajstić information content (AvgIpc) is 2.41. The van der Waals surface area contributed by atoms with Crippen LogP contribution in [-0.4, -0.2) is 23.9 Å². The van der Waals surface area contributed by atoms with Crippen molar-refractivity contribution in [3.8, 4) is 6.07 Å². The van der Waals surface area contributed by atoms with Crippen LogP contribution in [0.2, 0.25) is 0 Å². The Bertz CT molecular complexity index is 504. The molecule has 1 aromatic carbocycles. The number of hydrogen-bond donors (Lipinski definition) is 0. The Balaban J connectivity index is 2.08. The fourth-order valence-electron chi connectivity index (χ4n) is 2.02. The van der Waals surface area contributed by atoms with Crippen molar-refractivity contribution < 1.29 is 9.18 Å². The Hall–Kier alpha value is -1.41. The third-order valence-corrected chi connectivity index (χ3v) is 3.77. The third-order valence-electron chi connectivity index (χ3n) is 3.13. The van der Waals surface area contributed by atoms with E-state index in [-0.39, 0.29) is 11.8 Å². The molecule has 0 saturated carbocycles. The normalized spacial score (nSPS) is 16.4. The number of halogens is 2. The zero-order valence-corrected chi connectivity index (χ0v) is 11.3. The first-order chi connectivity index (χ1) is 8.61. The Morgan fingerprint density at radius 3 is 2.67 bits per heavy atom. The summed E-state index contributed by atoms with van der Waals surface area (Å²) in [6.07, 6.45) is 1.39. The van der Waals surface area contributed by atoms with Gasteiger partial charge in [-0.3, -0.25) is 4.79 Å². The number of piperidine rings is 1. The Morgan fingerprint density at radius 1 is 1.44 bits per heavy atom. The summed E-state index contributed by atoms with van der Waals surface area (Å²) in [7, 11) is 0. The van der Waals surface area contributed by atoms with Gasteiger partial charge in [0.1, 0.15) is 5.82 Å². The average molecular weight is 311 g/mol. The summed E-state index contributed by atoms with van der Waals surface area (Å²) in [6.45, 7) is 1.13. The summed E-state index contributed by atoms with van der Waals surface area (Å²) >= 11 is 3.06. The van der Waals surface area contributed by atoms with Gasteiger partial charge in [-0.15, -0.1) is 0 Å². The molecule has 0 N–H and O–H groups in total. The van der Waals surface area contributed by atoms with Gasteiger partial charge in [0.05, 0.1) is 10.5 Å². The van der Waals surface area contributed by atoms with E-state index in [9.17, 15) is 9.18 Å². The van der Waals surface area contributed by atoms with Crippen LogP contribution in [0, 0.1) is 23.1 Å². The van der Waals surface area contributed by atoms with Crippen LogP contribution in [0.25, 0.3) is 0 Å². The molecule has 1 fully saturated rings. The smallest absolute Gasteiger partial charge is 0.253 e. The first kappa shape index (κ1) is 13.0. The number of nitriles is 1. The van der Waals surface area contributed by atoms with Gasteiger partial charge in [0.25, 0.3) is 5.91 Å². The third kappa shape index (κ3) is 2.70. The zero-order valence-electron chi connectivity index (χ0n) is 9.70. The monoisotopic (exact) mass is 310 g/mol. The molecule has 0 aliphatic carbocycles. The van der Waals surface area contributed by atoms with Gasteiger partial charge in [0, 0.05) is 24.6 Å². The molecule has 3 nitrogen and oxygen atoms in total. The van der Waals surface area contributed by atoms with E-state index in [4.69, 9.17) is 5.26 Å². The van der Waals surface area contributed by atoms with Crippen LogP contribution in [0.4, 0.5) is 4.39 Å². The lowest BCUT2D eigenvalue weighted by molar-refractivity contribution is 0.0707. The quantitative estimate of drug-likeness (QED) is 0.800. The number of benzene rings is 1. The second-order valence-corrected chi connectivity index (χ2v) is 5.18. The molecule has 1 aliphatic rings. The molecule has 1 aliphatic heterocycles. The second-order valence-electron chi connectivity index (χ2n) is 4.32. The molecule has 0 aromatic heterocycles. The van der Waals surface area contributed by atoms with Crippen molar-refractivity contribution in [1.29, 1.82) is 5.26 Å². The number of carbonyl (C=O) groups is 1. The summed E-state index contributed by atoms with van der Waals surface area (Å²) in [4.78, 5) is 13.8. The first-order valence-electron chi connectivity index (χ1n) is 5.75. The second kappa shape index (κ2) is 5.49. The minimum absolute atomic E-state index is 0.0377. The minimum Gasteiger partial charge on any atom is -0.339 e. The largest absolute Gasteiger partial charge is 0.339 e. The summed E-state index contributed by atoms with van der Waals surface area (Å²) in [5.41, 5.74) is 0.353. The van der Waals surface area contributed by atoms with Crippen molar-refractivity contribution >= 4 is 21.8 Å². The van der Waals surface area contributed by atoms with Crippen molar-refractivity contribution in [3.63, 3.8) is 0 Å². The van der Waals surface area contributed by atoms with Crippen LogP contribution < -0.4 is 0 Å². The maximum Gasteiger partial charge on any atom is 0.253 e. The SMILES string of the molecule is N#CC1CCN(C(=O)c2ccc(Br)c(F)c2)CC1. The van der Waals surface area contributed by atoms with Gasteiger partial charge in [0.15, 0.2) is 0 Å². The molecule has 0 spiro atoms. The predicted molar refractivity (Wildman–Crippen MR) is 68.3 cm³/mol. The highest BCUT2D eigenvalue weighted by Crippen LogP contribution is 2.21.